The normalized spacial score (nSPS) is 16.4. The van der Waals surface area contributed by atoms with E-state index in [1.165, 1.54) is 5.01 Å². The summed E-state index contributed by atoms with van der Waals surface area (Å²) in [6.45, 7) is 0. The van der Waals surface area contributed by atoms with Crippen LogP contribution in [-0.4, -0.2) is 40.2 Å². The highest BCUT2D eigenvalue weighted by molar-refractivity contribution is 6.40. The topological polar surface area (TPSA) is 115 Å². The van der Waals surface area contributed by atoms with Gasteiger partial charge in [-0.3, -0.25) is 14.6 Å². The van der Waals surface area contributed by atoms with Gasteiger partial charge in [-0.1, -0.05) is 30.3 Å². The largest absolute Gasteiger partial charge is 0.497 e. The Bertz CT molecular complexity index is 1160. The zero-order chi connectivity index (χ0) is 22.7. The molecule has 1 aromatic heterocycles. The van der Waals surface area contributed by atoms with Gasteiger partial charge < -0.3 is 20.4 Å². The molecule has 0 aliphatic carbocycles. The summed E-state index contributed by atoms with van der Waals surface area (Å²) in [6, 6.07) is 15.3. The quantitative estimate of drug-likeness (QED) is 0.590. The first kappa shape index (κ1) is 21.1. The average Bonchev–Trinajstić information content (AvgIpc) is 3.45. The number of imidazole rings is 1. The van der Waals surface area contributed by atoms with Gasteiger partial charge in [-0.25, -0.2) is 4.98 Å². The maximum atomic E-state index is 13.2. The number of amides is 2. The number of ether oxygens (including phenoxy) is 1. The molecule has 0 saturated carbocycles. The van der Waals surface area contributed by atoms with Crippen molar-refractivity contribution in [3.63, 3.8) is 0 Å². The van der Waals surface area contributed by atoms with Gasteiger partial charge in [-0.05, 0) is 29.8 Å². The lowest BCUT2D eigenvalue weighted by Crippen LogP contribution is -2.40. The minimum atomic E-state index is -0.735. The van der Waals surface area contributed by atoms with Crippen LogP contribution in [0.2, 0.25) is 0 Å². The molecule has 0 unspecified atom stereocenters. The Morgan fingerprint density at radius 3 is 2.62 bits per heavy atom. The Kier molecular flexibility index (Phi) is 5.89. The summed E-state index contributed by atoms with van der Waals surface area (Å²) in [5.74, 6) is 0.370. The van der Waals surface area contributed by atoms with Crippen LogP contribution in [0.5, 0.6) is 5.75 Å². The fourth-order valence-corrected chi connectivity index (χ4v) is 3.68. The Hall–Kier alpha value is -4.14. The summed E-state index contributed by atoms with van der Waals surface area (Å²) in [4.78, 5) is 29.7. The summed E-state index contributed by atoms with van der Waals surface area (Å²) >= 11 is 0. The number of carbonyl (C=O) groups is 2. The van der Waals surface area contributed by atoms with Crippen LogP contribution in [0.4, 0.5) is 5.69 Å². The van der Waals surface area contributed by atoms with E-state index in [1.54, 1.807) is 13.3 Å². The van der Waals surface area contributed by atoms with Gasteiger partial charge in [-0.2, -0.15) is 5.10 Å². The molecule has 164 valence electrons. The van der Waals surface area contributed by atoms with Gasteiger partial charge in [0.1, 0.15) is 29.4 Å². The standard InChI is InChI=1S/C23H24N6O3/c1-28-12-11-25-22(28)20(15-7-6-10-17(13-15)32-2)26-23(31)18-14-19(21(24)30)29(27-18)16-8-4-3-5-9-16/h3-13,19-20H,14H2,1-2H3,(H2,24,30)(H,26,31)/t19-,20+/m1/s1. The van der Waals surface area contributed by atoms with Gasteiger partial charge in [0.05, 0.1) is 12.8 Å². The van der Waals surface area contributed by atoms with Gasteiger partial charge in [0.25, 0.3) is 5.91 Å². The third kappa shape index (κ3) is 4.18. The Morgan fingerprint density at radius 2 is 1.97 bits per heavy atom. The van der Waals surface area contributed by atoms with Crippen molar-refractivity contribution in [1.29, 1.82) is 0 Å². The fraction of sp³-hybridized carbons (Fsp3) is 0.217. The third-order valence-corrected chi connectivity index (χ3v) is 5.34. The van der Waals surface area contributed by atoms with Gasteiger partial charge in [0, 0.05) is 25.9 Å². The first-order chi connectivity index (χ1) is 15.5. The Morgan fingerprint density at radius 1 is 1.19 bits per heavy atom. The van der Waals surface area contributed by atoms with Crippen molar-refractivity contribution in [3.8, 4) is 5.75 Å². The van der Waals surface area contributed by atoms with Gasteiger partial charge in [0.2, 0.25) is 5.91 Å². The van der Waals surface area contributed by atoms with Crippen molar-refractivity contribution in [1.82, 2.24) is 14.9 Å². The average molecular weight is 432 g/mol. The second-order valence-electron chi connectivity index (χ2n) is 7.43. The van der Waals surface area contributed by atoms with E-state index in [4.69, 9.17) is 10.5 Å². The molecular formula is C23H24N6O3. The molecular weight excluding hydrogens is 408 g/mol. The summed E-state index contributed by atoms with van der Waals surface area (Å²) in [6.07, 6.45) is 3.59. The summed E-state index contributed by atoms with van der Waals surface area (Å²) in [7, 11) is 3.44. The molecule has 1 aliphatic rings. The van der Waals surface area contributed by atoms with Crippen molar-refractivity contribution in [3.05, 3.63) is 78.4 Å². The Labute approximate surface area is 185 Å². The number of primary amides is 1. The number of hydrogen-bond donors (Lipinski definition) is 2. The number of nitrogens with two attached hydrogens (primary N) is 1. The number of hydrogen-bond acceptors (Lipinski definition) is 6. The highest BCUT2D eigenvalue weighted by atomic mass is 16.5. The van der Waals surface area contributed by atoms with Crippen molar-refractivity contribution < 1.29 is 14.3 Å². The predicted molar refractivity (Wildman–Crippen MR) is 120 cm³/mol. The lowest BCUT2D eigenvalue weighted by Gasteiger charge is -2.20. The second kappa shape index (κ2) is 8.93. The molecule has 2 amide bonds. The van der Waals surface area contributed by atoms with Crippen LogP contribution in [0, 0.1) is 0 Å². The van der Waals surface area contributed by atoms with Crippen LogP contribution in [0.25, 0.3) is 0 Å². The lowest BCUT2D eigenvalue weighted by atomic mass is 10.0. The SMILES string of the molecule is COc1cccc([C@H](NC(=O)C2=NN(c3ccccc3)[C@@H](C(N)=O)C2)c2nccn2C)c1. The molecule has 2 heterocycles. The summed E-state index contributed by atoms with van der Waals surface area (Å²) in [5, 5.41) is 8.94. The monoisotopic (exact) mass is 432 g/mol. The molecule has 9 heteroatoms. The highest BCUT2D eigenvalue weighted by Crippen LogP contribution is 2.27. The van der Waals surface area contributed by atoms with Crippen LogP contribution in [0.15, 0.2) is 72.1 Å². The molecule has 2 aromatic carbocycles. The highest BCUT2D eigenvalue weighted by Gasteiger charge is 2.36. The van der Waals surface area contributed by atoms with Gasteiger partial charge in [0.15, 0.2) is 0 Å². The number of nitrogens with zero attached hydrogens (tertiary/aromatic N) is 4. The van der Waals surface area contributed by atoms with Crippen LogP contribution in [0.1, 0.15) is 23.9 Å². The van der Waals surface area contributed by atoms with Crippen LogP contribution in [0.3, 0.4) is 0 Å². The number of aryl methyl sites for hydroxylation is 1. The number of hydrazone groups is 1. The Balaban J connectivity index is 1.65. The van der Waals surface area contributed by atoms with E-state index in [1.807, 2.05) is 72.4 Å². The molecule has 0 fully saturated rings. The molecule has 0 spiro atoms. The number of methoxy groups -OCH3 is 1. The second-order valence-corrected chi connectivity index (χ2v) is 7.43. The molecule has 3 N–H and O–H groups in total. The smallest absolute Gasteiger partial charge is 0.268 e. The number of benzene rings is 2. The molecule has 0 radical (unpaired) electrons. The van der Waals surface area contributed by atoms with E-state index in [2.05, 4.69) is 15.4 Å². The zero-order valence-corrected chi connectivity index (χ0v) is 17.8. The van der Waals surface area contributed by atoms with E-state index in [-0.39, 0.29) is 12.1 Å². The minimum Gasteiger partial charge on any atom is -0.497 e. The molecule has 2 atom stereocenters. The number of carbonyl (C=O) groups excluding carboxylic acids is 2. The van der Waals surface area contributed by atoms with Crippen LogP contribution in [-0.2, 0) is 16.6 Å². The number of aromatic nitrogens is 2. The maximum absolute atomic E-state index is 13.2. The predicted octanol–water partition coefficient (Wildman–Crippen LogP) is 1.75. The molecule has 32 heavy (non-hydrogen) atoms. The van der Waals surface area contributed by atoms with Crippen LogP contribution < -0.4 is 20.8 Å². The molecule has 3 aromatic rings. The number of rotatable bonds is 7. The van der Waals surface area contributed by atoms with Gasteiger partial charge >= 0.3 is 0 Å². The van der Waals surface area contributed by atoms with Crippen molar-refractivity contribution in [2.24, 2.45) is 17.9 Å². The number of anilines is 1. The first-order valence-corrected chi connectivity index (χ1v) is 10.1. The molecule has 0 bridgehead atoms. The van der Waals surface area contributed by atoms with Crippen molar-refractivity contribution in [2.75, 3.05) is 12.1 Å². The van der Waals surface area contributed by atoms with E-state index >= 15 is 0 Å². The summed E-state index contributed by atoms with van der Waals surface area (Å²) < 4.78 is 7.18. The fourth-order valence-electron chi connectivity index (χ4n) is 3.68. The lowest BCUT2D eigenvalue weighted by molar-refractivity contribution is -0.119. The third-order valence-electron chi connectivity index (χ3n) is 5.34. The van der Waals surface area contributed by atoms with Crippen molar-refractivity contribution in [2.45, 2.75) is 18.5 Å². The molecule has 4 rings (SSSR count). The van der Waals surface area contributed by atoms with E-state index in [0.29, 0.717) is 17.3 Å². The van der Waals surface area contributed by atoms with Crippen molar-refractivity contribution >= 4 is 23.2 Å². The van der Waals surface area contributed by atoms with E-state index < -0.39 is 23.9 Å². The summed E-state index contributed by atoms with van der Waals surface area (Å²) in [5.41, 5.74) is 7.31. The zero-order valence-electron chi connectivity index (χ0n) is 17.8. The number of nitrogens with one attached hydrogen (secondary N) is 1. The van der Waals surface area contributed by atoms with Gasteiger partial charge in [-0.15, -0.1) is 0 Å². The molecule has 0 saturated heterocycles. The molecule has 1 aliphatic heterocycles. The minimum absolute atomic E-state index is 0.113. The molecule has 9 nitrogen and oxygen atoms in total. The number of para-hydroxylation sites is 1. The van der Waals surface area contributed by atoms with Crippen LogP contribution >= 0.6 is 0 Å². The maximum Gasteiger partial charge on any atom is 0.268 e. The van der Waals surface area contributed by atoms with E-state index in [9.17, 15) is 9.59 Å². The first-order valence-electron chi connectivity index (χ1n) is 10.1. The van der Waals surface area contributed by atoms with E-state index in [0.717, 1.165) is 5.56 Å².